The second-order valence-electron chi connectivity index (χ2n) is 7.01. The molecule has 4 heteroatoms. The number of carbonyl (C=O) groups excluding carboxylic acids is 1. The van der Waals surface area contributed by atoms with Gasteiger partial charge in [-0.1, -0.05) is 19.1 Å². The van der Waals surface area contributed by atoms with E-state index in [1.165, 1.54) is 32.1 Å². The average Bonchev–Trinajstić information content (AvgIpc) is 2.34. The summed E-state index contributed by atoms with van der Waals surface area (Å²) in [5, 5.41) is 3.09. The van der Waals surface area contributed by atoms with Gasteiger partial charge in [-0.05, 0) is 55.8 Å². The van der Waals surface area contributed by atoms with E-state index >= 15 is 0 Å². The van der Waals surface area contributed by atoms with Gasteiger partial charge in [0, 0.05) is 18.4 Å². The van der Waals surface area contributed by atoms with Gasteiger partial charge in [0.25, 0.3) is 0 Å². The Balaban J connectivity index is 1.60. The molecule has 0 radical (unpaired) electrons. The van der Waals surface area contributed by atoms with Crippen LogP contribution in [0.3, 0.4) is 0 Å². The van der Waals surface area contributed by atoms with Crippen molar-refractivity contribution in [3.63, 3.8) is 0 Å². The van der Waals surface area contributed by atoms with E-state index in [1.54, 1.807) is 0 Å². The molecule has 4 aliphatic rings. The van der Waals surface area contributed by atoms with Crippen LogP contribution in [0.2, 0.25) is 0 Å². The topological polar surface area (TPSA) is 55.1 Å². The molecule has 4 aliphatic carbocycles. The van der Waals surface area contributed by atoms with Crippen LogP contribution in [-0.4, -0.2) is 17.4 Å². The largest absolute Gasteiger partial charge is 0.393 e. The van der Waals surface area contributed by atoms with Crippen molar-refractivity contribution in [1.82, 2.24) is 5.32 Å². The SMILES string of the molecule is CC(CNC(=O)C1C2CC3CC(C2)CC1C3)C(N)=S. The summed E-state index contributed by atoms with van der Waals surface area (Å²) in [6.45, 7) is 2.57. The minimum absolute atomic E-state index is 0.0933. The third-order valence-electron chi connectivity index (χ3n) is 5.60. The predicted molar refractivity (Wildman–Crippen MR) is 79.5 cm³/mol. The van der Waals surface area contributed by atoms with E-state index < -0.39 is 0 Å². The van der Waals surface area contributed by atoms with Crippen molar-refractivity contribution in [3.8, 4) is 0 Å². The molecule has 0 spiro atoms. The van der Waals surface area contributed by atoms with Crippen molar-refractivity contribution in [3.05, 3.63) is 0 Å². The number of nitrogens with two attached hydrogens (primary N) is 1. The van der Waals surface area contributed by atoms with Crippen LogP contribution in [0.4, 0.5) is 0 Å². The highest BCUT2D eigenvalue weighted by molar-refractivity contribution is 7.80. The highest BCUT2D eigenvalue weighted by atomic mass is 32.1. The molecule has 0 heterocycles. The zero-order valence-electron chi connectivity index (χ0n) is 11.6. The molecule has 0 aromatic heterocycles. The summed E-state index contributed by atoms with van der Waals surface area (Å²) in [6.07, 6.45) is 6.58. The molecule has 4 bridgehead atoms. The Kier molecular flexibility index (Phi) is 3.54. The van der Waals surface area contributed by atoms with Crippen molar-refractivity contribution in [2.75, 3.05) is 6.54 Å². The molecule has 0 saturated heterocycles. The predicted octanol–water partition coefficient (Wildman–Crippen LogP) is 2.10. The molecule has 3 nitrogen and oxygen atoms in total. The zero-order valence-corrected chi connectivity index (χ0v) is 12.4. The van der Waals surface area contributed by atoms with Gasteiger partial charge in [-0.25, -0.2) is 0 Å². The van der Waals surface area contributed by atoms with Crippen molar-refractivity contribution in [1.29, 1.82) is 0 Å². The number of hydrogen-bond donors (Lipinski definition) is 2. The zero-order chi connectivity index (χ0) is 13.6. The van der Waals surface area contributed by atoms with Gasteiger partial charge in [0.1, 0.15) is 0 Å². The monoisotopic (exact) mass is 280 g/mol. The van der Waals surface area contributed by atoms with Gasteiger partial charge in [0.15, 0.2) is 0 Å². The summed E-state index contributed by atoms with van der Waals surface area (Å²) in [4.78, 5) is 13.0. The van der Waals surface area contributed by atoms with Crippen LogP contribution < -0.4 is 11.1 Å². The summed E-state index contributed by atoms with van der Waals surface area (Å²) in [7, 11) is 0. The van der Waals surface area contributed by atoms with E-state index in [4.69, 9.17) is 18.0 Å². The van der Waals surface area contributed by atoms with E-state index in [2.05, 4.69) is 5.32 Å². The molecule has 4 rings (SSSR count). The number of rotatable bonds is 4. The Labute approximate surface area is 120 Å². The second kappa shape index (κ2) is 5.04. The minimum atomic E-state index is 0.0933. The van der Waals surface area contributed by atoms with Crippen LogP contribution >= 0.6 is 12.2 Å². The Morgan fingerprint density at radius 2 is 1.74 bits per heavy atom. The lowest BCUT2D eigenvalue weighted by atomic mass is 9.51. The van der Waals surface area contributed by atoms with Gasteiger partial charge in [-0.15, -0.1) is 0 Å². The lowest BCUT2D eigenvalue weighted by molar-refractivity contribution is -0.138. The maximum Gasteiger partial charge on any atom is 0.223 e. The van der Waals surface area contributed by atoms with Gasteiger partial charge in [-0.3, -0.25) is 4.79 Å². The fourth-order valence-electron chi connectivity index (χ4n) is 4.83. The molecular weight excluding hydrogens is 256 g/mol. The first-order chi connectivity index (χ1) is 9.04. The van der Waals surface area contributed by atoms with E-state index in [0.717, 1.165) is 11.8 Å². The van der Waals surface area contributed by atoms with Crippen LogP contribution in [0.15, 0.2) is 0 Å². The standard InChI is InChI=1S/C15H24N2OS/c1-8(14(16)19)7-17-15(18)13-11-3-9-2-10(5-11)6-12(13)4-9/h8-13H,2-7H2,1H3,(H2,16,19)(H,17,18). The molecule has 106 valence electrons. The Hall–Kier alpha value is -0.640. The molecule has 0 aromatic carbocycles. The number of hydrogen-bond acceptors (Lipinski definition) is 2. The molecule has 1 unspecified atom stereocenters. The normalized spacial score (nSPS) is 41.0. The first-order valence-electron chi connectivity index (χ1n) is 7.61. The van der Waals surface area contributed by atoms with Crippen molar-refractivity contribution in [2.45, 2.75) is 39.0 Å². The van der Waals surface area contributed by atoms with E-state index in [9.17, 15) is 4.79 Å². The van der Waals surface area contributed by atoms with Gasteiger partial charge in [-0.2, -0.15) is 0 Å². The molecule has 19 heavy (non-hydrogen) atoms. The molecular formula is C15H24N2OS. The van der Waals surface area contributed by atoms with Gasteiger partial charge >= 0.3 is 0 Å². The summed E-state index contributed by atoms with van der Waals surface area (Å²) in [5.41, 5.74) is 5.60. The third kappa shape index (κ3) is 2.51. The maximum absolute atomic E-state index is 12.5. The van der Waals surface area contributed by atoms with Crippen LogP contribution in [0.1, 0.15) is 39.0 Å². The van der Waals surface area contributed by atoms with E-state index in [-0.39, 0.29) is 17.7 Å². The molecule has 4 saturated carbocycles. The highest BCUT2D eigenvalue weighted by Gasteiger charge is 2.50. The number of carbonyl (C=O) groups is 1. The fourth-order valence-corrected chi connectivity index (χ4v) is 4.91. The lowest BCUT2D eigenvalue weighted by Gasteiger charge is -2.53. The smallest absolute Gasteiger partial charge is 0.223 e. The second-order valence-corrected chi connectivity index (χ2v) is 7.48. The van der Waals surface area contributed by atoms with Gasteiger partial charge in [0.2, 0.25) is 5.91 Å². The summed E-state index contributed by atoms with van der Waals surface area (Å²) < 4.78 is 0. The first-order valence-corrected chi connectivity index (χ1v) is 8.02. The molecule has 1 amide bonds. The minimum Gasteiger partial charge on any atom is -0.393 e. The summed E-state index contributed by atoms with van der Waals surface area (Å²) in [5.74, 6) is 3.76. The summed E-state index contributed by atoms with van der Waals surface area (Å²) >= 11 is 4.95. The number of amides is 1. The van der Waals surface area contributed by atoms with Crippen molar-refractivity contribution >= 4 is 23.1 Å². The molecule has 4 fully saturated rings. The molecule has 1 atom stereocenters. The average molecular weight is 280 g/mol. The van der Waals surface area contributed by atoms with Crippen LogP contribution in [-0.2, 0) is 4.79 Å². The highest BCUT2D eigenvalue weighted by Crippen LogP contribution is 2.56. The van der Waals surface area contributed by atoms with Gasteiger partial charge < -0.3 is 11.1 Å². The van der Waals surface area contributed by atoms with Crippen LogP contribution in [0.25, 0.3) is 0 Å². The summed E-state index contributed by atoms with van der Waals surface area (Å²) in [6, 6.07) is 0. The van der Waals surface area contributed by atoms with Gasteiger partial charge in [0.05, 0.1) is 4.99 Å². The Bertz CT molecular complexity index is 368. The van der Waals surface area contributed by atoms with E-state index in [1.807, 2.05) is 6.92 Å². The quantitative estimate of drug-likeness (QED) is 0.775. The third-order valence-corrected chi connectivity index (χ3v) is 6.00. The maximum atomic E-state index is 12.5. The van der Waals surface area contributed by atoms with Crippen molar-refractivity contribution in [2.24, 2.45) is 41.2 Å². The van der Waals surface area contributed by atoms with Crippen LogP contribution in [0, 0.1) is 35.5 Å². The first kappa shape index (κ1) is 13.3. The fraction of sp³-hybridized carbons (Fsp3) is 0.867. The Morgan fingerprint density at radius 3 is 2.21 bits per heavy atom. The molecule has 3 N–H and O–H groups in total. The number of thiocarbonyl (C=S) groups is 1. The molecule has 0 aromatic rings. The van der Waals surface area contributed by atoms with Crippen molar-refractivity contribution < 1.29 is 4.79 Å². The van der Waals surface area contributed by atoms with Crippen LogP contribution in [0.5, 0.6) is 0 Å². The molecule has 0 aliphatic heterocycles. The Morgan fingerprint density at radius 1 is 1.21 bits per heavy atom. The lowest BCUT2D eigenvalue weighted by Crippen LogP contribution is -2.51. The van der Waals surface area contributed by atoms with E-state index in [0.29, 0.717) is 23.4 Å². The number of nitrogens with one attached hydrogen (secondary N) is 1.